The zero-order valence-corrected chi connectivity index (χ0v) is 6.53. The SMILES string of the molecule is O=Cc1ccccc1P(O)O. The lowest BCUT2D eigenvalue weighted by Gasteiger charge is -2.03. The monoisotopic (exact) mass is 170 g/mol. The smallest absolute Gasteiger partial charge is 0.200 e. The summed E-state index contributed by atoms with van der Waals surface area (Å²) < 4.78 is 0. The molecule has 2 N–H and O–H groups in total. The molecule has 1 aromatic rings. The summed E-state index contributed by atoms with van der Waals surface area (Å²) in [6, 6.07) is 6.40. The Hall–Kier alpha value is -0.760. The fraction of sp³-hybridized carbons (Fsp3) is 0. The molecule has 0 spiro atoms. The third-order valence-electron chi connectivity index (χ3n) is 1.28. The molecule has 0 atom stereocenters. The van der Waals surface area contributed by atoms with Crippen LogP contribution in [0.3, 0.4) is 0 Å². The number of benzene rings is 1. The number of hydrogen-bond acceptors (Lipinski definition) is 3. The summed E-state index contributed by atoms with van der Waals surface area (Å²) in [6.45, 7) is 0. The van der Waals surface area contributed by atoms with E-state index in [0.717, 1.165) is 0 Å². The lowest BCUT2D eigenvalue weighted by Crippen LogP contribution is -2.06. The number of hydrogen-bond donors (Lipinski definition) is 2. The first-order valence-corrected chi connectivity index (χ1v) is 4.22. The van der Waals surface area contributed by atoms with Crippen LogP contribution in [0.2, 0.25) is 0 Å². The summed E-state index contributed by atoms with van der Waals surface area (Å²) in [4.78, 5) is 27.9. The highest BCUT2D eigenvalue weighted by atomic mass is 31.2. The van der Waals surface area contributed by atoms with Gasteiger partial charge in [0, 0.05) is 10.9 Å². The largest absolute Gasteiger partial charge is 0.347 e. The minimum absolute atomic E-state index is 0.303. The van der Waals surface area contributed by atoms with Crippen LogP contribution in [0.4, 0.5) is 0 Å². The van der Waals surface area contributed by atoms with Crippen LogP contribution in [0.15, 0.2) is 24.3 Å². The second kappa shape index (κ2) is 3.58. The van der Waals surface area contributed by atoms with Crippen molar-refractivity contribution >= 4 is 20.0 Å². The van der Waals surface area contributed by atoms with E-state index in [1.807, 2.05) is 0 Å². The van der Waals surface area contributed by atoms with Crippen molar-refractivity contribution in [2.75, 3.05) is 0 Å². The van der Waals surface area contributed by atoms with Gasteiger partial charge in [-0.25, -0.2) is 0 Å². The molecule has 0 amide bonds. The van der Waals surface area contributed by atoms with E-state index >= 15 is 0 Å². The Morgan fingerprint density at radius 1 is 1.27 bits per heavy atom. The first kappa shape index (κ1) is 8.34. The van der Waals surface area contributed by atoms with Crippen molar-refractivity contribution in [2.24, 2.45) is 0 Å². The average Bonchev–Trinajstić information content (AvgIpc) is 2.04. The molecule has 0 unspecified atom stereocenters. The molecule has 0 heterocycles. The van der Waals surface area contributed by atoms with Gasteiger partial charge < -0.3 is 9.79 Å². The molecule has 0 aliphatic rings. The first-order chi connectivity index (χ1) is 5.25. The van der Waals surface area contributed by atoms with Gasteiger partial charge in [-0.3, -0.25) is 4.79 Å². The van der Waals surface area contributed by atoms with E-state index < -0.39 is 8.38 Å². The van der Waals surface area contributed by atoms with Crippen LogP contribution in [0.1, 0.15) is 10.4 Å². The van der Waals surface area contributed by atoms with Crippen LogP contribution in [-0.2, 0) is 0 Å². The van der Waals surface area contributed by atoms with E-state index in [4.69, 9.17) is 9.79 Å². The summed E-state index contributed by atoms with van der Waals surface area (Å²) in [5, 5.41) is 0.303. The minimum atomic E-state index is -2.15. The van der Waals surface area contributed by atoms with Gasteiger partial charge in [-0.2, -0.15) is 0 Å². The molecule has 0 saturated heterocycles. The van der Waals surface area contributed by atoms with Crippen molar-refractivity contribution in [3.63, 3.8) is 0 Å². The van der Waals surface area contributed by atoms with Crippen molar-refractivity contribution < 1.29 is 14.6 Å². The fourth-order valence-corrected chi connectivity index (χ4v) is 1.35. The Labute approximate surface area is 65.2 Å². The molecule has 0 bridgehead atoms. The van der Waals surface area contributed by atoms with E-state index in [-0.39, 0.29) is 0 Å². The van der Waals surface area contributed by atoms with Gasteiger partial charge in [0.25, 0.3) is 0 Å². The lowest BCUT2D eigenvalue weighted by molar-refractivity contribution is 0.112. The number of rotatable bonds is 2. The highest BCUT2D eigenvalue weighted by molar-refractivity contribution is 7.54. The Morgan fingerprint density at radius 3 is 2.36 bits per heavy atom. The normalized spacial score (nSPS) is 10.1. The Balaban J connectivity index is 3.12. The lowest BCUT2D eigenvalue weighted by atomic mass is 10.2. The molecule has 0 aromatic heterocycles. The molecular formula is C7H7O3P. The Bertz CT molecular complexity index is 260. The Morgan fingerprint density at radius 2 is 1.91 bits per heavy atom. The van der Waals surface area contributed by atoms with Gasteiger partial charge >= 0.3 is 0 Å². The molecule has 1 aromatic carbocycles. The van der Waals surface area contributed by atoms with E-state index in [1.54, 1.807) is 18.2 Å². The van der Waals surface area contributed by atoms with E-state index in [2.05, 4.69) is 0 Å². The van der Waals surface area contributed by atoms with Gasteiger partial charge in [-0.1, -0.05) is 18.2 Å². The van der Waals surface area contributed by atoms with E-state index in [0.29, 0.717) is 17.2 Å². The average molecular weight is 170 g/mol. The van der Waals surface area contributed by atoms with Gasteiger partial charge in [0.2, 0.25) is 0 Å². The molecule has 3 nitrogen and oxygen atoms in total. The van der Waals surface area contributed by atoms with Crippen LogP contribution < -0.4 is 5.30 Å². The quantitative estimate of drug-likeness (QED) is 0.499. The second-order valence-electron chi connectivity index (χ2n) is 1.97. The van der Waals surface area contributed by atoms with Crippen molar-refractivity contribution in [2.45, 2.75) is 0 Å². The summed E-state index contributed by atoms with van der Waals surface area (Å²) in [5.74, 6) is 0. The van der Waals surface area contributed by atoms with Gasteiger partial charge in [0.15, 0.2) is 14.7 Å². The minimum Gasteiger partial charge on any atom is -0.347 e. The molecule has 0 saturated carbocycles. The van der Waals surface area contributed by atoms with E-state index in [9.17, 15) is 4.79 Å². The van der Waals surface area contributed by atoms with Gasteiger partial charge in [-0.15, -0.1) is 0 Å². The molecule has 0 fully saturated rings. The highest BCUT2D eigenvalue weighted by Gasteiger charge is 2.07. The fourth-order valence-electron chi connectivity index (χ4n) is 0.769. The number of aldehydes is 1. The van der Waals surface area contributed by atoms with Crippen molar-refractivity contribution in [1.29, 1.82) is 0 Å². The molecular weight excluding hydrogens is 163 g/mol. The van der Waals surface area contributed by atoms with Crippen molar-refractivity contribution in [3.8, 4) is 0 Å². The maximum absolute atomic E-state index is 10.3. The molecule has 0 radical (unpaired) electrons. The maximum Gasteiger partial charge on any atom is 0.200 e. The predicted octanol–water partition coefficient (Wildman–Crippen LogP) is 0.421. The van der Waals surface area contributed by atoms with Gasteiger partial charge in [0.05, 0.1) is 0 Å². The van der Waals surface area contributed by atoms with Crippen LogP contribution in [-0.4, -0.2) is 16.1 Å². The predicted molar refractivity (Wildman–Crippen MR) is 42.8 cm³/mol. The standard InChI is InChI=1S/C7H7O3P/c8-5-6-3-1-2-4-7(6)11(9)10/h1-5,9-10H. The summed E-state index contributed by atoms with van der Waals surface area (Å²) in [6.07, 6.45) is 0.608. The highest BCUT2D eigenvalue weighted by Crippen LogP contribution is 2.22. The molecule has 4 heteroatoms. The van der Waals surface area contributed by atoms with Crippen LogP contribution in [0.5, 0.6) is 0 Å². The zero-order valence-electron chi connectivity index (χ0n) is 5.64. The maximum atomic E-state index is 10.3. The molecule has 0 aliphatic heterocycles. The topological polar surface area (TPSA) is 57.5 Å². The third kappa shape index (κ3) is 1.84. The molecule has 11 heavy (non-hydrogen) atoms. The third-order valence-corrected chi connectivity index (χ3v) is 2.12. The van der Waals surface area contributed by atoms with Crippen molar-refractivity contribution in [3.05, 3.63) is 29.8 Å². The van der Waals surface area contributed by atoms with Crippen LogP contribution in [0.25, 0.3) is 0 Å². The number of carbonyl (C=O) groups excluding carboxylic acids is 1. The second-order valence-corrected chi connectivity index (χ2v) is 3.03. The van der Waals surface area contributed by atoms with Gasteiger partial charge in [0.1, 0.15) is 0 Å². The molecule has 0 aliphatic carbocycles. The van der Waals surface area contributed by atoms with Crippen LogP contribution >= 0.6 is 8.38 Å². The summed E-state index contributed by atoms with van der Waals surface area (Å²) >= 11 is 0. The summed E-state index contributed by atoms with van der Waals surface area (Å²) in [5.41, 5.74) is 0.337. The summed E-state index contributed by atoms with van der Waals surface area (Å²) in [7, 11) is -2.15. The Kier molecular flexibility index (Phi) is 2.71. The van der Waals surface area contributed by atoms with E-state index in [1.165, 1.54) is 6.07 Å². The zero-order chi connectivity index (χ0) is 8.27. The number of carbonyl (C=O) groups is 1. The van der Waals surface area contributed by atoms with Crippen LogP contribution in [0, 0.1) is 0 Å². The first-order valence-electron chi connectivity index (χ1n) is 2.98. The molecule has 58 valence electrons. The van der Waals surface area contributed by atoms with Gasteiger partial charge in [-0.05, 0) is 6.07 Å². The van der Waals surface area contributed by atoms with Crippen molar-refractivity contribution in [1.82, 2.24) is 0 Å². The molecule has 1 rings (SSSR count).